The van der Waals surface area contributed by atoms with Crippen molar-refractivity contribution < 1.29 is 0 Å². The first kappa shape index (κ1) is 11.3. The van der Waals surface area contributed by atoms with Gasteiger partial charge in [0.1, 0.15) is 0 Å². The molecule has 0 aliphatic rings. The normalized spacial score (nSPS) is 13.4. The fourth-order valence-electron chi connectivity index (χ4n) is 0.955. The number of hydrogen-bond acceptors (Lipinski definition) is 2. The molecule has 0 saturated heterocycles. The van der Waals surface area contributed by atoms with E-state index in [0.29, 0.717) is 5.25 Å². The topological polar surface area (TPSA) is 26.0 Å². The third-order valence-electron chi connectivity index (χ3n) is 1.82. The minimum Gasteiger partial charge on any atom is -0.329 e. The van der Waals surface area contributed by atoms with Crippen molar-refractivity contribution in [2.24, 2.45) is 5.73 Å². The fraction of sp³-hybridized carbons (Fsp3) is 1.00. The van der Waals surface area contributed by atoms with Gasteiger partial charge in [-0.25, -0.2) is 0 Å². The monoisotopic (exact) mass is 175 g/mol. The van der Waals surface area contributed by atoms with Crippen molar-refractivity contribution in [2.75, 3.05) is 12.3 Å². The smallest absolute Gasteiger partial charge is 0.0167 e. The Morgan fingerprint density at radius 2 is 2.00 bits per heavy atom. The van der Waals surface area contributed by atoms with E-state index in [1.165, 1.54) is 31.4 Å². The van der Waals surface area contributed by atoms with Crippen molar-refractivity contribution in [3.05, 3.63) is 0 Å². The van der Waals surface area contributed by atoms with Crippen LogP contribution in [-0.4, -0.2) is 17.5 Å². The molecule has 0 amide bonds. The van der Waals surface area contributed by atoms with Gasteiger partial charge in [0, 0.05) is 11.8 Å². The summed E-state index contributed by atoms with van der Waals surface area (Å²) >= 11 is 2.04. The fourth-order valence-corrected chi connectivity index (χ4v) is 2.03. The molecule has 0 heterocycles. The molecule has 0 rings (SSSR count). The van der Waals surface area contributed by atoms with Gasteiger partial charge >= 0.3 is 0 Å². The van der Waals surface area contributed by atoms with E-state index in [0.717, 1.165) is 6.54 Å². The van der Waals surface area contributed by atoms with E-state index in [1.807, 2.05) is 11.8 Å². The van der Waals surface area contributed by atoms with Crippen LogP contribution in [0.15, 0.2) is 0 Å². The molecule has 68 valence electrons. The minimum absolute atomic E-state index is 0.701. The predicted octanol–water partition coefficient (Wildman–Crippen LogP) is 2.65. The van der Waals surface area contributed by atoms with Gasteiger partial charge in [-0.2, -0.15) is 11.8 Å². The summed E-state index contributed by atoms with van der Waals surface area (Å²) in [7, 11) is 0. The highest BCUT2D eigenvalue weighted by Gasteiger charge is 2.01. The van der Waals surface area contributed by atoms with Crippen LogP contribution in [0, 0.1) is 0 Å². The van der Waals surface area contributed by atoms with Crippen LogP contribution in [0.2, 0.25) is 0 Å². The van der Waals surface area contributed by atoms with Crippen LogP contribution >= 0.6 is 11.8 Å². The molecule has 0 fully saturated rings. The van der Waals surface area contributed by atoms with E-state index in [1.54, 1.807) is 0 Å². The van der Waals surface area contributed by atoms with Crippen LogP contribution in [0.3, 0.4) is 0 Å². The molecule has 0 aliphatic heterocycles. The van der Waals surface area contributed by atoms with Gasteiger partial charge in [0.25, 0.3) is 0 Å². The van der Waals surface area contributed by atoms with Crippen molar-refractivity contribution in [1.29, 1.82) is 0 Å². The molecule has 0 aromatic carbocycles. The van der Waals surface area contributed by atoms with E-state index in [4.69, 9.17) is 5.73 Å². The molecule has 0 aromatic heterocycles. The van der Waals surface area contributed by atoms with Crippen molar-refractivity contribution in [2.45, 2.75) is 44.8 Å². The van der Waals surface area contributed by atoms with Crippen molar-refractivity contribution >= 4 is 11.8 Å². The van der Waals surface area contributed by atoms with Crippen LogP contribution in [0.25, 0.3) is 0 Å². The van der Waals surface area contributed by atoms with E-state index in [2.05, 4.69) is 13.8 Å². The maximum atomic E-state index is 5.58. The lowest BCUT2D eigenvalue weighted by atomic mass is 10.3. The molecule has 11 heavy (non-hydrogen) atoms. The van der Waals surface area contributed by atoms with Crippen molar-refractivity contribution in [3.63, 3.8) is 0 Å². The first-order chi connectivity index (χ1) is 5.35. The SMILES string of the molecule is CCCCCSC(CC)CN. The predicted molar refractivity (Wildman–Crippen MR) is 55.1 cm³/mol. The van der Waals surface area contributed by atoms with Gasteiger partial charge in [0.05, 0.1) is 0 Å². The molecule has 1 nitrogen and oxygen atoms in total. The van der Waals surface area contributed by atoms with Crippen LogP contribution in [-0.2, 0) is 0 Å². The first-order valence-electron chi connectivity index (χ1n) is 4.66. The lowest BCUT2D eigenvalue weighted by Crippen LogP contribution is -2.15. The molecule has 0 bridgehead atoms. The highest BCUT2D eigenvalue weighted by atomic mass is 32.2. The van der Waals surface area contributed by atoms with Crippen molar-refractivity contribution in [3.8, 4) is 0 Å². The average Bonchev–Trinajstić information content (AvgIpc) is 2.05. The van der Waals surface area contributed by atoms with Crippen LogP contribution in [0.1, 0.15) is 39.5 Å². The summed E-state index contributed by atoms with van der Waals surface area (Å²) in [4.78, 5) is 0. The molecule has 1 atom stereocenters. The van der Waals surface area contributed by atoms with Gasteiger partial charge in [0.15, 0.2) is 0 Å². The first-order valence-corrected chi connectivity index (χ1v) is 5.71. The van der Waals surface area contributed by atoms with Crippen LogP contribution in [0.5, 0.6) is 0 Å². The van der Waals surface area contributed by atoms with Crippen molar-refractivity contribution in [1.82, 2.24) is 0 Å². The summed E-state index contributed by atoms with van der Waals surface area (Å²) in [6.07, 6.45) is 5.26. The largest absolute Gasteiger partial charge is 0.329 e. The second-order valence-corrected chi connectivity index (χ2v) is 4.25. The van der Waals surface area contributed by atoms with E-state index >= 15 is 0 Å². The van der Waals surface area contributed by atoms with Crippen LogP contribution in [0.4, 0.5) is 0 Å². The number of nitrogens with two attached hydrogens (primary N) is 1. The summed E-state index contributed by atoms with van der Waals surface area (Å²) in [5.41, 5.74) is 5.58. The molecule has 2 heteroatoms. The van der Waals surface area contributed by atoms with Gasteiger partial charge in [0.2, 0.25) is 0 Å². The zero-order valence-corrected chi connectivity index (χ0v) is 8.62. The van der Waals surface area contributed by atoms with Gasteiger partial charge in [-0.3, -0.25) is 0 Å². The summed E-state index contributed by atoms with van der Waals surface area (Å²) < 4.78 is 0. The third-order valence-corrected chi connectivity index (χ3v) is 3.34. The second-order valence-electron chi connectivity index (χ2n) is 2.84. The number of rotatable bonds is 7. The molecular weight excluding hydrogens is 154 g/mol. The Labute approximate surface area is 75.1 Å². The Morgan fingerprint density at radius 3 is 2.45 bits per heavy atom. The molecular formula is C9H21NS. The Kier molecular flexibility index (Phi) is 8.64. The Morgan fingerprint density at radius 1 is 1.27 bits per heavy atom. The highest BCUT2D eigenvalue weighted by molar-refractivity contribution is 7.99. The van der Waals surface area contributed by atoms with E-state index in [-0.39, 0.29) is 0 Å². The number of thioether (sulfide) groups is 1. The van der Waals surface area contributed by atoms with Gasteiger partial charge in [-0.05, 0) is 18.6 Å². The average molecular weight is 175 g/mol. The Hall–Kier alpha value is 0.310. The molecule has 2 N–H and O–H groups in total. The lowest BCUT2D eigenvalue weighted by molar-refractivity contribution is 0.771. The maximum Gasteiger partial charge on any atom is 0.0167 e. The molecule has 1 unspecified atom stereocenters. The molecule has 0 spiro atoms. The zero-order valence-electron chi connectivity index (χ0n) is 7.81. The second kappa shape index (κ2) is 8.41. The summed E-state index contributed by atoms with van der Waals surface area (Å²) in [5.74, 6) is 1.30. The summed E-state index contributed by atoms with van der Waals surface area (Å²) in [6, 6.07) is 0. The summed E-state index contributed by atoms with van der Waals surface area (Å²) in [6.45, 7) is 5.29. The molecule has 0 aromatic rings. The molecule has 0 saturated carbocycles. The highest BCUT2D eigenvalue weighted by Crippen LogP contribution is 2.15. The molecule has 0 aliphatic carbocycles. The third kappa shape index (κ3) is 6.70. The van der Waals surface area contributed by atoms with Gasteiger partial charge < -0.3 is 5.73 Å². The lowest BCUT2D eigenvalue weighted by Gasteiger charge is -2.10. The minimum atomic E-state index is 0.701. The van der Waals surface area contributed by atoms with Crippen LogP contribution < -0.4 is 5.73 Å². The Balaban J connectivity index is 3.07. The quantitative estimate of drug-likeness (QED) is 0.602. The number of unbranched alkanes of at least 4 members (excludes halogenated alkanes) is 2. The standard InChI is InChI=1S/C9H21NS/c1-3-5-6-7-11-9(4-2)8-10/h9H,3-8,10H2,1-2H3. The molecule has 0 radical (unpaired) electrons. The van der Waals surface area contributed by atoms with Gasteiger partial charge in [-0.15, -0.1) is 0 Å². The van der Waals surface area contributed by atoms with E-state index < -0.39 is 0 Å². The Bertz CT molecular complexity index is 72.0. The van der Waals surface area contributed by atoms with E-state index in [9.17, 15) is 0 Å². The van der Waals surface area contributed by atoms with Gasteiger partial charge in [-0.1, -0.05) is 26.7 Å². The number of hydrogen-bond donors (Lipinski definition) is 1. The summed E-state index contributed by atoms with van der Waals surface area (Å²) in [5, 5.41) is 0.701. The maximum absolute atomic E-state index is 5.58. The zero-order chi connectivity index (χ0) is 8.53.